The fraction of sp³-hybridized carbons (Fsp3) is 0.222. The molecule has 3 N–H and O–H groups in total. The molecule has 0 unspecified atom stereocenters. The van der Waals surface area contributed by atoms with Crippen LogP contribution in [0.1, 0.15) is 0 Å². The zero-order valence-corrected chi connectivity index (χ0v) is 9.82. The first kappa shape index (κ1) is 10.6. The van der Waals surface area contributed by atoms with Crippen molar-refractivity contribution in [2.24, 2.45) is 0 Å². The summed E-state index contributed by atoms with van der Waals surface area (Å²) in [6, 6.07) is 1.94. The molecule has 2 aromatic heterocycles. The van der Waals surface area contributed by atoms with E-state index in [9.17, 15) is 0 Å². The molecule has 0 spiro atoms. The highest BCUT2D eigenvalue weighted by Crippen LogP contribution is 2.17. The Bertz CT molecular complexity index is 467. The Hall–Kier alpha value is -1.89. The summed E-state index contributed by atoms with van der Waals surface area (Å²) in [6.45, 7) is 0. The van der Waals surface area contributed by atoms with Crippen molar-refractivity contribution in [2.45, 2.75) is 0 Å². The Morgan fingerprint density at radius 3 is 2.75 bits per heavy atom. The van der Waals surface area contributed by atoms with E-state index in [2.05, 4.69) is 20.3 Å². The van der Waals surface area contributed by atoms with Crippen molar-refractivity contribution < 1.29 is 0 Å². The predicted octanol–water partition coefficient (Wildman–Crippen LogP) is 1.32. The number of anilines is 4. The summed E-state index contributed by atoms with van der Waals surface area (Å²) in [6.07, 6.45) is 0. The van der Waals surface area contributed by atoms with Gasteiger partial charge in [-0.2, -0.15) is 26.3 Å². The van der Waals surface area contributed by atoms with Gasteiger partial charge in [-0.05, 0) is 11.4 Å². The van der Waals surface area contributed by atoms with Gasteiger partial charge >= 0.3 is 0 Å². The minimum Gasteiger partial charge on any atom is -0.368 e. The van der Waals surface area contributed by atoms with Gasteiger partial charge in [-0.25, -0.2) is 0 Å². The molecule has 6 nitrogen and oxygen atoms in total. The quantitative estimate of drug-likeness (QED) is 0.836. The topological polar surface area (TPSA) is 80.0 Å². The second-order valence-electron chi connectivity index (χ2n) is 3.35. The van der Waals surface area contributed by atoms with Crippen LogP contribution in [0.3, 0.4) is 0 Å². The van der Waals surface area contributed by atoms with E-state index in [1.165, 1.54) is 0 Å². The number of aromatic nitrogens is 3. The molecule has 0 aliphatic rings. The molecule has 0 fully saturated rings. The Labute approximate surface area is 97.2 Å². The summed E-state index contributed by atoms with van der Waals surface area (Å²) >= 11 is 1.60. The molecular weight excluding hydrogens is 224 g/mol. The highest BCUT2D eigenvalue weighted by atomic mass is 32.1. The highest BCUT2D eigenvalue weighted by molar-refractivity contribution is 7.08. The highest BCUT2D eigenvalue weighted by Gasteiger charge is 2.06. The monoisotopic (exact) mass is 236 g/mol. The Morgan fingerprint density at radius 2 is 2.12 bits per heavy atom. The second-order valence-corrected chi connectivity index (χ2v) is 4.13. The summed E-state index contributed by atoms with van der Waals surface area (Å²) in [4.78, 5) is 14.0. The summed E-state index contributed by atoms with van der Waals surface area (Å²) in [7, 11) is 3.70. The van der Waals surface area contributed by atoms with E-state index in [0.717, 1.165) is 5.69 Å². The molecule has 2 heterocycles. The molecule has 2 aromatic rings. The smallest absolute Gasteiger partial charge is 0.233 e. The van der Waals surface area contributed by atoms with Gasteiger partial charge in [-0.3, -0.25) is 0 Å². The first-order valence-electron chi connectivity index (χ1n) is 4.63. The fourth-order valence-corrected chi connectivity index (χ4v) is 1.69. The zero-order valence-electron chi connectivity index (χ0n) is 9.01. The molecule has 0 aliphatic carbocycles. The molecule has 16 heavy (non-hydrogen) atoms. The van der Waals surface area contributed by atoms with Crippen molar-refractivity contribution in [3.63, 3.8) is 0 Å². The van der Waals surface area contributed by atoms with Crippen molar-refractivity contribution >= 4 is 34.9 Å². The fourth-order valence-electron chi connectivity index (χ4n) is 1.10. The normalized spacial score (nSPS) is 10.1. The van der Waals surface area contributed by atoms with Gasteiger partial charge in [0.15, 0.2) is 0 Å². The Balaban J connectivity index is 2.27. The van der Waals surface area contributed by atoms with E-state index in [-0.39, 0.29) is 5.95 Å². The molecule has 2 rings (SSSR count). The van der Waals surface area contributed by atoms with Gasteiger partial charge in [0.05, 0.1) is 5.69 Å². The molecule has 0 aliphatic heterocycles. The van der Waals surface area contributed by atoms with Crippen LogP contribution >= 0.6 is 11.3 Å². The molecule has 84 valence electrons. The van der Waals surface area contributed by atoms with Crippen LogP contribution in [0.25, 0.3) is 0 Å². The number of hydrogen-bond donors (Lipinski definition) is 2. The number of nitrogens with one attached hydrogen (secondary N) is 1. The summed E-state index contributed by atoms with van der Waals surface area (Å²) in [5, 5.41) is 7.00. The van der Waals surface area contributed by atoms with Crippen molar-refractivity contribution in [2.75, 3.05) is 30.0 Å². The minimum atomic E-state index is 0.205. The van der Waals surface area contributed by atoms with E-state index >= 15 is 0 Å². The van der Waals surface area contributed by atoms with Crippen molar-refractivity contribution in [3.8, 4) is 0 Å². The van der Waals surface area contributed by atoms with E-state index in [4.69, 9.17) is 5.73 Å². The molecule has 7 heteroatoms. The third-order valence-electron chi connectivity index (χ3n) is 1.82. The number of hydrogen-bond acceptors (Lipinski definition) is 7. The maximum Gasteiger partial charge on any atom is 0.233 e. The van der Waals surface area contributed by atoms with E-state index in [1.54, 1.807) is 16.2 Å². The lowest BCUT2D eigenvalue weighted by atomic mass is 10.5. The van der Waals surface area contributed by atoms with Crippen LogP contribution in [0, 0.1) is 0 Å². The predicted molar refractivity (Wildman–Crippen MR) is 66.2 cm³/mol. The second kappa shape index (κ2) is 4.31. The van der Waals surface area contributed by atoms with Gasteiger partial charge in [-0.1, -0.05) is 0 Å². The van der Waals surface area contributed by atoms with Gasteiger partial charge in [0.1, 0.15) is 0 Å². The van der Waals surface area contributed by atoms with Crippen molar-refractivity contribution in [1.29, 1.82) is 0 Å². The minimum absolute atomic E-state index is 0.205. The number of rotatable bonds is 3. The lowest BCUT2D eigenvalue weighted by molar-refractivity contribution is 0.970. The van der Waals surface area contributed by atoms with Crippen LogP contribution in [0.2, 0.25) is 0 Å². The SMILES string of the molecule is CN(C)c1nc(N)nc(Nc2ccsc2)n1. The van der Waals surface area contributed by atoms with Gasteiger partial charge in [0.25, 0.3) is 0 Å². The lowest BCUT2D eigenvalue weighted by Gasteiger charge is -2.11. The van der Waals surface area contributed by atoms with Crippen LogP contribution < -0.4 is 16.0 Å². The zero-order chi connectivity index (χ0) is 11.5. The molecule has 0 bridgehead atoms. The van der Waals surface area contributed by atoms with E-state index < -0.39 is 0 Å². The first-order chi connectivity index (χ1) is 7.65. The van der Waals surface area contributed by atoms with E-state index in [0.29, 0.717) is 11.9 Å². The average molecular weight is 236 g/mol. The average Bonchev–Trinajstić information content (AvgIpc) is 2.69. The lowest BCUT2D eigenvalue weighted by Crippen LogP contribution is -2.15. The maximum atomic E-state index is 5.60. The van der Waals surface area contributed by atoms with E-state index in [1.807, 2.05) is 30.9 Å². The number of thiophene rings is 1. The number of nitrogens with two attached hydrogens (primary N) is 1. The third-order valence-corrected chi connectivity index (χ3v) is 2.50. The molecule has 0 radical (unpaired) electrons. The molecular formula is C9H12N6S. The van der Waals surface area contributed by atoms with Gasteiger partial charge in [0.2, 0.25) is 17.8 Å². The van der Waals surface area contributed by atoms with Gasteiger partial charge in [0, 0.05) is 19.5 Å². The molecule has 0 saturated carbocycles. The largest absolute Gasteiger partial charge is 0.368 e. The van der Waals surface area contributed by atoms with Crippen molar-refractivity contribution in [3.05, 3.63) is 16.8 Å². The molecule has 0 saturated heterocycles. The van der Waals surface area contributed by atoms with Crippen LogP contribution in [0.4, 0.5) is 23.5 Å². The molecule has 0 aromatic carbocycles. The van der Waals surface area contributed by atoms with Crippen LogP contribution in [-0.4, -0.2) is 29.0 Å². The Kier molecular flexibility index (Phi) is 2.86. The van der Waals surface area contributed by atoms with Crippen LogP contribution in [0.15, 0.2) is 16.8 Å². The number of nitrogen functional groups attached to an aromatic ring is 1. The van der Waals surface area contributed by atoms with Gasteiger partial charge < -0.3 is 16.0 Å². The summed E-state index contributed by atoms with van der Waals surface area (Å²) < 4.78 is 0. The maximum absolute atomic E-state index is 5.60. The van der Waals surface area contributed by atoms with Gasteiger partial charge in [-0.15, -0.1) is 0 Å². The Morgan fingerprint density at radius 1 is 1.31 bits per heavy atom. The van der Waals surface area contributed by atoms with Crippen LogP contribution in [-0.2, 0) is 0 Å². The van der Waals surface area contributed by atoms with Crippen LogP contribution in [0.5, 0.6) is 0 Å². The standard InChI is InChI=1S/C9H12N6S/c1-15(2)9-13-7(10)12-8(14-9)11-6-3-4-16-5-6/h3-5H,1-2H3,(H3,10,11,12,13,14). The molecule has 0 atom stereocenters. The first-order valence-corrected chi connectivity index (χ1v) is 5.57. The van der Waals surface area contributed by atoms with Crippen molar-refractivity contribution in [1.82, 2.24) is 15.0 Å². The summed E-state index contributed by atoms with van der Waals surface area (Å²) in [5.74, 6) is 1.19. The number of nitrogens with zero attached hydrogens (tertiary/aromatic N) is 4. The summed E-state index contributed by atoms with van der Waals surface area (Å²) in [5.41, 5.74) is 6.54. The molecule has 0 amide bonds. The third kappa shape index (κ3) is 2.37.